The van der Waals surface area contributed by atoms with Crippen LogP contribution in [0.1, 0.15) is 61.5 Å². The summed E-state index contributed by atoms with van der Waals surface area (Å²) in [5, 5.41) is 8.43. The van der Waals surface area contributed by atoms with Crippen molar-refractivity contribution in [3.8, 4) is 0 Å². The van der Waals surface area contributed by atoms with E-state index in [1.807, 2.05) is 7.11 Å². The predicted molar refractivity (Wildman–Crippen MR) is 79.9 cm³/mol. The number of ether oxygens (including phenoxy) is 1. The number of nitrogens with one attached hydrogen (secondary N) is 1. The van der Waals surface area contributed by atoms with E-state index in [1.165, 1.54) is 49.1 Å². The normalized spacial score (nSPS) is 26.9. The van der Waals surface area contributed by atoms with Crippen molar-refractivity contribution in [3.63, 3.8) is 0 Å². The van der Waals surface area contributed by atoms with Crippen LogP contribution in [0.3, 0.4) is 0 Å². The van der Waals surface area contributed by atoms with Crippen LogP contribution in [0, 0.1) is 13.8 Å². The van der Waals surface area contributed by atoms with Crippen molar-refractivity contribution >= 4 is 0 Å². The molecule has 4 nitrogen and oxygen atoms in total. The molecule has 2 aliphatic rings. The molecule has 0 aromatic carbocycles. The molecule has 0 saturated heterocycles. The molecule has 2 unspecified atom stereocenters. The number of aromatic nitrogens is 2. The maximum atomic E-state index is 5.55. The molecule has 20 heavy (non-hydrogen) atoms. The summed E-state index contributed by atoms with van der Waals surface area (Å²) in [6, 6.07) is 1.27. The maximum Gasteiger partial charge on any atom is 0.0641 e. The first-order valence-corrected chi connectivity index (χ1v) is 7.99. The fourth-order valence-electron chi connectivity index (χ4n) is 3.40. The zero-order valence-electron chi connectivity index (χ0n) is 13.0. The monoisotopic (exact) mass is 277 g/mol. The van der Waals surface area contributed by atoms with Gasteiger partial charge in [0.25, 0.3) is 0 Å². The minimum absolute atomic E-state index is 0.408. The summed E-state index contributed by atoms with van der Waals surface area (Å²) in [4.78, 5) is 0. The highest BCUT2D eigenvalue weighted by molar-refractivity contribution is 5.25. The minimum atomic E-state index is 0.408. The quantitative estimate of drug-likeness (QED) is 0.899. The van der Waals surface area contributed by atoms with Crippen molar-refractivity contribution < 1.29 is 4.74 Å². The van der Waals surface area contributed by atoms with Gasteiger partial charge in [-0.25, -0.2) is 0 Å². The van der Waals surface area contributed by atoms with E-state index in [-0.39, 0.29) is 0 Å². The summed E-state index contributed by atoms with van der Waals surface area (Å²) in [7, 11) is 1.83. The van der Waals surface area contributed by atoms with Crippen molar-refractivity contribution in [3.05, 3.63) is 17.0 Å². The summed E-state index contributed by atoms with van der Waals surface area (Å²) in [6.07, 6.45) is 7.87. The van der Waals surface area contributed by atoms with Crippen molar-refractivity contribution in [2.75, 3.05) is 7.11 Å². The molecule has 1 aromatic rings. The molecule has 0 bridgehead atoms. The van der Waals surface area contributed by atoms with E-state index in [1.54, 1.807) is 0 Å². The second kappa shape index (κ2) is 5.86. The molecule has 1 N–H and O–H groups in total. The van der Waals surface area contributed by atoms with Crippen molar-refractivity contribution in [2.45, 2.75) is 77.1 Å². The lowest BCUT2D eigenvalue weighted by Crippen LogP contribution is -2.25. The summed E-state index contributed by atoms with van der Waals surface area (Å²) in [5.41, 5.74) is 3.93. The molecular weight excluding hydrogens is 250 g/mol. The molecule has 1 heterocycles. The van der Waals surface area contributed by atoms with Gasteiger partial charge in [-0.3, -0.25) is 4.68 Å². The SMILES string of the molecule is COC1CCCC(n2nc(C)c(CNC3CC3)c2C)C1. The first kappa shape index (κ1) is 14.1. The van der Waals surface area contributed by atoms with Gasteiger partial charge < -0.3 is 10.1 Å². The average Bonchev–Trinajstić information content (AvgIpc) is 3.24. The molecule has 2 aliphatic carbocycles. The third-order valence-electron chi connectivity index (χ3n) is 4.90. The molecule has 2 atom stereocenters. The number of aryl methyl sites for hydroxylation is 1. The Morgan fingerprint density at radius 3 is 2.75 bits per heavy atom. The van der Waals surface area contributed by atoms with E-state index in [9.17, 15) is 0 Å². The molecule has 3 rings (SSSR count). The third-order valence-corrected chi connectivity index (χ3v) is 4.90. The van der Waals surface area contributed by atoms with Gasteiger partial charge in [-0.2, -0.15) is 5.10 Å². The largest absolute Gasteiger partial charge is 0.381 e. The lowest BCUT2D eigenvalue weighted by Gasteiger charge is -2.29. The Balaban J connectivity index is 1.73. The Bertz CT molecular complexity index is 465. The van der Waals surface area contributed by atoms with Crippen molar-refractivity contribution in [2.24, 2.45) is 0 Å². The number of rotatable bonds is 5. The van der Waals surface area contributed by atoms with E-state index in [0.29, 0.717) is 12.1 Å². The second-order valence-electron chi connectivity index (χ2n) is 6.43. The van der Waals surface area contributed by atoms with Crippen LogP contribution in [-0.4, -0.2) is 29.0 Å². The Morgan fingerprint density at radius 1 is 1.25 bits per heavy atom. The zero-order chi connectivity index (χ0) is 14.1. The van der Waals surface area contributed by atoms with Crippen LogP contribution in [0.2, 0.25) is 0 Å². The Morgan fingerprint density at radius 2 is 2.05 bits per heavy atom. The lowest BCUT2D eigenvalue weighted by atomic mass is 9.93. The van der Waals surface area contributed by atoms with E-state index in [4.69, 9.17) is 9.84 Å². The van der Waals surface area contributed by atoms with Gasteiger partial charge in [0.2, 0.25) is 0 Å². The van der Waals surface area contributed by atoms with Crippen LogP contribution in [-0.2, 0) is 11.3 Å². The number of hydrogen-bond acceptors (Lipinski definition) is 3. The molecule has 0 radical (unpaired) electrons. The highest BCUT2D eigenvalue weighted by atomic mass is 16.5. The fourth-order valence-corrected chi connectivity index (χ4v) is 3.40. The smallest absolute Gasteiger partial charge is 0.0641 e. The fraction of sp³-hybridized carbons (Fsp3) is 0.812. The summed E-state index contributed by atoms with van der Waals surface area (Å²) < 4.78 is 7.82. The average molecular weight is 277 g/mol. The second-order valence-corrected chi connectivity index (χ2v) is 6.43. The maximum absolute atomic E-state index is 5.55. The lowest BCUT2D eigenvalue weighted by molar-refractivity contribution is 0.0503. The van der Waals surface area contributed by atoms with Crippen LogP contribution in [0.15, 0.2) is 0 Å². The number of hydrogen-bond donors (Lipinski definition) is 1. The molecule has 2 fully saturated rings. The zero-order valence-corrected chi connectivity index (χ0v) is 13.0. The summed E-state index contributed by atoms with van der Waals surface area (Å²) >= 11 is 0. The van der Waals surface area contributed by atoms with Gasteiger partial charge in [0.05, 0.1) is 17.8 Å². The molecule has 112 valence electrons. The molecular formula is C16H27N3O. The van der Waals surface area contributed by atoms with Crippen LogP contribution in [0.4, 0.5) is 0 Å². The molecule has 1 aromatic heterocycles. The predicted octanol–water partition coefficient (Wildman–Crippen LogP) is 2.88. The molecule has 2 saturated carbocycles. The van der Waals surface area contributed by atoms with Gasteiger partial charge in [-0.05, 0) is 52.4 Å². The van der Waals surface area contributed by atoms with Gasteiger partial charge in [-0.1, -0.05) is 0 Å². The first-order chi connectivity index (χ1) is 9.69. The molecule has 0 amide bonds. The van der Waals surface area contributed by atoms with E-state index < -0.39 is 0 Å². The van der Waals surface area contributed by atoms with Crippen LogP contribution in [0.5, 0.6) is 0 Å². The Hall–Kier alpha value is -0.870. The van der Waals surface area contributed by atoms with Gasteiger partial charge in [0, 0.05) is 31.0 Å². The van der Waals surface area contributed by atoms with Gasteiger partial charge in [0.15, 0.2) is 0 Å². The van der Waals surface area contributed by atoms with Crippen LogP contribution in [0.25, 0.3) is 0 Å². The topological polar surface area (TPSA) is 39.1 Å². The van der Waals surface area contributed by atoms with Gasteiger partial charge >= 0.3 is 0 Å². The minimum Gasteiger partial charge on any atom is -0.381 e. The van der Waals surface area contributed by atoms with Crippen LogP contribution >= 0.6 is 0 Å². The van der Waals surface area contributed by atoms with Gasteiger partial charge in [-0.15, -0.1) is 0 Å². The van der Waals surface area contributed by atoms with E-state index in [0.717, 1.165) is 19.0 Å². The molecule has 0 aliphatic heterocycles. The number of methoxy groups -OCH3 is 1. The standard InChI is InChI=1S/C16H27N3O/c1-11-16(10-17-13-7-8-13)12(2)19(18-11)14-5-4-6-15(9-14)20-3/h13-15,17H,4-10H2,1-3H3. The van der Waals surface area contributed by atoms with E-state index in [2.05, 4.69) is 23.8 Å². The summed E-state index contributed by atoms with van der Waals surface area (Å²) in [6.45, 7) is 5.34. The highest BCUT2D eigenvalue weighted by Gasteiger charge is 2.27. The highest BCUT2D eigenvalue weighted by Crippen LogP contribution is 2.32. The van der Waals surface area contributed by atoms with Crippen LogP contribution < -0.4 is 5.32 Å². The molecule has 4 heteroatoms. The third kappa shape index (κ3) is 2.91. The summed E-state index contributed by atoms with van der Waals surface area (Å²) in [5.74, 6) is 0. The van der Waals surface area contributed by atoms with Gasteiger partial charge in [0.1, 0.15) is 0 Å². The molecule has 0 spiro atoms. The van der Waals surface area contributed by atoms with Crippen molar-refractivity contribution in [1.82, 2.24) is 15.1 Å². The Kier molecular flexibility index (Phi) is 4.13. The first-order valence-electron chi connectivity index (χ1n) is 7.99. The number of nitrogens with zero attached hydrogens (tertiary/aromatic N) is 2. The van der Waals surface area contributed by atoms with Crippen molar-refractivity contribution in [1.29, 1.82) is 0 Å². The Labute approximate surface area is 121 Å². The van der Waals surface area contributed by atoms with E-state index >= 15 is 0 Å².